The van der Waals surface area contributed by atoms with Crippen LogP contribution in [0.15, 0.2) is 36.4 Å². The first-order chi connectivity index (χ1) is 12.5. The molecular weight excluding hydrogens is 373 g/mol. The van der Waals surface area contributed by atoms with Gasteiger partial charge in [0.2, 0.25) is 11.7 Å². The van der Waals surface area contributed by atoms with Gasteiger partial charge in [-0.25, -0.2) is 0 Å². The minimum Gasteiger partial charge on any atom is -0.322 e. The van der Waals surface area contributed by atoms with Gasteiger partial charge in [-0.2, -0.15) is 4.80 Å². The molecule has 26 heavy (non-hydrogen) atoms. The van der Waals surface area contributed by atoms with E-state index in [4.69, 9.17) is 23.2 Å². The normalized spacial score (nSPS) is 10.8. The van der Waals surface area contributed by atoms with E-state index in [-0.39, 0.29) is 12.5 Å². The predicted molar refractivity (Wildman–Crippen MR) is 102 cm³/mol. The maximum Gasteiger partial charge on any atom is 0.248 e. The Morgan fingerprint density at radius 2 is 1.88 bits per heavy atom. The van der Waals surface area contributed by atoms with Gasteiger partial charge in [-0.3, -0.25) is 4.79 Å². The van der Waals surface area contributed by atoms with E-state index >= 15 is 0 Å². The molecule has 0 saturated carbocycles. The molecule has 8 heteroatoms. The molecule has 0 radical (unpaired) electrons. The molecular formula is C18H17Cl2N5O. The van der Waals surface area contributed by atoms with Gasteiger partial charge in [0.1, 0.15) is 6.54 Å². The highest BCUT2D eigenvalue weighted by molar-refractivity contribution is 6.40. The number of nitrogens with zero attached hydrogens (tertiary/aromatic N) is 4. The Kier molecular flexibility index (Phi) is 5.54. The van der Waals surface area contributed by atoms with E-state index in [0.29, 0.717) is 21.6 Å². The molecule has 3 aromatic rings. The average molecular weight is 390 g/mol. The van der Waals surface area contributed by atoms with Gasteiger partial charge in [0.05, 0.1) is 15.7 Å². The summed E-state index contributed by atoms with van der Waals surface area (Å²) in [7, 11) is 0. The third-order valence-corrected chi connectivity index (χ3v) is 4.71. The Morgan fingerprint density at radius 1 is 1.15 bits per heavy atom. The summed E-state index contributed by atoms with van der Waals surface area (Å²) in [6.07, 6.45) is 0.963. The molecule has 1 aromatic heterocycles. The molecule has 0 aliphatic rings. The van der Waals surface area contributed by atoms with Crippen LogP contribution in [0.2, 0.25) is 10.0 Å². The first-order valence-electron chi connectivity index (χ1n) is 8.09. The molecule has 1 heterocycles. The number of hydrogen-bond acceptors (Lipinski definition) is 4. The van der Waals surface area contributed by atoms with Crippen molar-refractivity contribution in [2.24, 2.45) is 0 Å². The number of rotatable bonds is 5. The SMILES string of the molecule is CCc1ccc(-c2nnn(CC(=O)Nc3c(Cl)ccc(C)c3Cl)n2)cc1. The fraction of sp³-hybridized carbons (Fsp3) is 0.222. The zero-order valence-electron chi connectivity index (χ0n) is 14.3. The van der Waals surface area contributed by atoms with Crippen LogP contribution in [0.5, 0.6) is 0 Å². The Balaban J connectivity index is 1.71. The molecule has 0 spiro atoms. The van der Waals surface area contributed by atoms with Gasteiger partial charge in [0, 0.05) is 5.56 Å². The fourth-order valence-corrected chi connectivity index (χ4v) is 2.86. The summed E-state index contributed by atoms with van der Waals surface area (Å²) in [5.41, 5.74) is 3.28. The molecule has 0 saturated heterocycles. The van der Waals surface area contributed by atoms with Gasteiger partial charge in [-0.05, 0) is 35.8 Å². The van der Waals surface area contributed by atoms with Crippen LogP contribution in [-0.4, -0.2) is 26.1 Å². The minimum atomic E-state index is -0.343. The topological polar surface area (TPSA) is 72.7 Å². The smallest absolute Gasteiger partial charge is 0.248 e. The van der Waals surface area contributed by atoms with Crippen molar-refractivity contribution < 1.29 is 4.79 Å². The molecule has 0 aliphatic carbocycles. The zero-order valence-corrected chi connectivity index (χ0v) is 15.8. The summed E-state index contributed by atoms with van der Waals surface area (Å²) in [6, 6.07) is 11.4. The zero-order chi connectivity index (χ0) is 18.7. The number of halogens is 2. The summed E-state index contributed by atoms with van der Waals surface area (Å²) in [5, 5.41) is 15.7. The van der Waals surface area contributed by atoms with Gasteiger partial charge in [-0.15, -0.1) is 10.2 Å². The molecule has 0 fully saturated rings. The predicted octanol–water partition coefficient (Wildman–Crippen LogP) is 4.16. The lowest BCUT2D eigenvalue weighted by Crippen LogP contribution is -2.21. The first-order valence-corrected chi connectivity index (χ1v) is 8.85. The minimum absolute atomic E-state index is 0.0966. The van der Waals surface area contributed by atoms with Crippen LogP contribution in [-0.2, 0) is 17.8 Å². The van der Waals surface area contributed by atoms with Crippen LogP contribution >= 0.6 is 23.2 Å². The molecule has 0 atom stereocenters. The second-order valence-electron chi connectivity index (χ2n) is 5.80. The Morgan fingerprint density at radius 3 is 2.58 bits per heavy atom. The summed E-state index contributed by atoms with van der Waals surface area (Å²) in [6.45, 7) is 3.83. The Hall–Kier alpha value is -2.44. The molecule has 2 aromatic carbocycles. The third-order valence-electron chi connectivity index (χ3n) is 3.91. The van der Waals surface area contributed by atoms with Crippen LogP contribution in [0, 0.1) is 6.92 Å². The van der Waals surface area contributed by atoms with E-state index in [1.54, 1.807) is 12.1 Å². The van der Waals surface area contributed by atoms with Crippen LogP contribution in [0.3, 0.4) is 0 Å². The number of amides is 1. The van der Waals surface area contributed by atoms with E-state index in [2.05, 4.69) is 27.7 Å². The number of hydrogen-bond donors (Lipinski definition) is 1. The second-order valence-corrected chi connectivity index (χ2v) is 6.58. The summed E-state index contributed by atoms with van der Waals surface area (Å²) >= 11 is 12.3. The first kappa shape index (κ1) is 18.4. The second kappa shape index (κ2) is 7.85. The number of tetrazole rings is 1. The lowest BCUT2D eigenvalue weighted by atomic mass is 10.1. The molecule has 1 amide bonds. The summed E-state index contributed by atoms with van der Waals surface area (Å²) < 4.78 is 0. The highest BCUT2D eigenvalue weighted by Gasteiger charge is 2.14. The van der Waals surface area contributed by atoms with Crippen molar-refractivity contribution in [1.29, 1.82) is 0 Å². The number of carbonyl (C=O) groups excluding carboxylic acids is 1. The van der Waals surface area contributed by atoms with E-state index in [1.165, 1.54) is 10.4 Å². The molecule has 6 nitrogen and oxygen atoms in total. The van der Waals surface area contributed by atoms with Gasteiger partial charge in [0.15, 0.2) is 0 Å². The lowest BCUT2D eigenvalue weighted by molar-refractivity contribution is -0.117. The molecule has 1 N–H and O–H groups in total. The quantitative estimate of drug-likeness (QED) is 0.710. The monoisotopic (exact) mass is 389 g/mol. The average Bonchev–Trinajstić information content (AvgIpc) is 3.10. The van der Waals surface area contributed by atoms with E-state index in [9.17, 15) is 4.79 Å². The van der Waals surface area contributed by atoms with Crippen molar-refractivity contribution in [2.45, 2.75) is 26.8 Å². The van der Waals surface area contributed by atoms with Crippen molar-refractivity contribution in [1.82, 2.24) is 20.2 Å². The van der Waals surface area contributed by atoms with Gasteiger partial charge in [0.25, 0.3) is 0 Å². The molecule has 0 aliphatic heterocycles. The highest BCUT2D eigenvalue weighted by Crippen LogP contribution is 2.32. The van der Waals surface area contributed by atoms with Crippen LogP contribution in [0.4, 0.5) is 5.69 Å². The number of carbonyl (C=O) groups is 1. The van der Waals surface area contributed by atoms with E-state index in [0.717, 1.165) is 17.5 Å². The lowest BCUT2D eigenvalue weighted by Gasteiger charge is -2.10. The maximum atomic E-state index is 12.3. The van der Waals surface area contributed by atoms with Crippen molar-refractivity contribution in [3.8, 4) is 11.4 Å². The van der Waals surface area contributed by atoms with Crippen molar-refractivity contribution in [3.63, 3.8) is 0 Å². The van der Waals surface area contributed by atoms with Crippen molar-refractivity contribution >= 4 is 34.8 Å². The van der Waals surface area contributed by atoms with E-state index in [1.807, 2.05) is 31.2 Å². The molecule has 134 valence electrons. The highest BCUT2D eigenvalue weighted by atomic mass is 35.5. The van der Waals surface area contributed by atoms with Crippen LogP contribution < -0.4 is 5.32 Å². The van der Waals surface area contributed by atoms with Crippen LogP contribution in [0.25, 0.3) is 11.4 Å². The summed E-state index contributed by atoms with van der Waals surface area (Å²) in [5.74, 6) is 0.122. The van der Waals surface area contributed by atoms with Crippen LogP contribution in [0.1, 0.15) is 18.1 Å². The number of aromatic nitrogens is 4. The molecule has 0 unspecified atom stereocenters. The Labute approximate surface area is 161 Å². The van der Waals surface area contributed by atoms with Crippen molar-refractivity contribution in [2.75, 3.05) is 5.32 Å². The number of anilines is 1. The fourth-order valence-electron chi connectivity index (χ4n) is 2.39. The molecule has 0 bridgehead atoms. The summed E-state index contributed by atoms with van der Waals surface area (Å²) in [4.78, 5) is 13.5. The molecule has 3 rings (SSSR count). The van der Waals surface area contributed by atoms with Gasteiger partial charge >= 0.3 is 0 Å². The van der Waals surface area contributed by atoms with E-state index < -0.39 is 0 Å². The van der Waals surface area contributed by atoms with Gasteiger partial charge < -0.3 is 5.32 Å². The van der Waals surface area contributed by atoms with Crippen molar-refractivity contribution in [3.05, 3.63) is 57.6 Å². The maximum absolute atomic E-state index is 12.3. The third kappa shape index (κ3) is 4.03. The standard InChI is InChI=1S/C18H17Cl2N5O/c1-3-12-5-7-13(8-6-12)18-22-24-25(23-18)10-15(26)21-17-14(19)9-4-11(2)16(17)20/h4-9H,3,10H2,1-2H3,(H,21,26). The largest absolute Gasteiger partial charge is 0.322 e. The van der Waals surface area contributed by atoms with Gasteiger partial charge in [-0.1, -0.05) is 60.5 Å². The number of aryl methyl sites for hydroxylation is 2. The number of nitrogens with one attached hydrogen (secondary N) is 1. The Bertz CT molecular complexity index is 937. The number of benzene rings is 2.